The van der Waals surface area contributed by atoms with E-state index in [1.807, 2.05) is 18.9 Å². The molecule has 0 saturated carbocycles. The van der Waals surface area contributed by atoms with Gasteiger partial charge in [-0.25, -0.2) is 4.98 Å². The average Bonchev–Trinajstić information content (AvgIpc) is 2.27. The molecule has 0 aliphatic rings. The van der Waals surface area contributed by atoms with Crippen molar-refractivity contribution in [3.63, 3.8) is 0 Å². The van der Waals surface area contributed by atoms with Crippen LogP contribution in [0, 0.1) is 0 Å². The number of rotatable bonds is 4. The molecule has 0 bridgehead atoms. The Kier molecular flexibility index (Phi) is 3.95. The third kappa shape index (κ3) is 2.48. The van der Waals surface area contributed by atoms with Crippen LogP contribution in [0.15, 0.2) is 12.3 Å². The number of aromatic nitrogens is 2. The van der Waals surface area contributed by atoms with E-state index in [1.165, 1.54) is 0 Å². The number of anilines is 1. The number of halogens is 1. The van der Waals surface area contributed by atoms with E-state index >= 15 is 0 Å². The minimum atomic E-state index is 0.198. The van der Waals surface area contributed by atoms with Crippen LogP contribution in [0.1, 0.15) is 6.92 Å². The molecule has 0 aliphatic carbocycles. The molecule has 1 rings (SSSR count). The zero-order valence-electron chi connectivity index (χ0n) is 8.57. The van der Waals surface area contributed by atoms with Gasteiger partial charge in [-0.3, -0.25) is 0 Å². The second-order valence-corrected chi connectivity index (χ2v) is 3.32. The zero-order valence-corrected chi connectivity index (χ0v) is 9.32. The van der Waals surface area contributed by atoms with Crippen LogP contribution < -0.4 is 9.64 Å². The summed E-state index contributed by atoms with van der Waals surface area (Å²) in [7, 11) is 3.49. The Hall–Kier alpha value is -1.03. The number of methoxy groups -OCH3 is 1. The summed E-state index contributed by atoms with van der Waals surface area (Å²) < 4.78 is 5.01. The molecule has 0 N–H and O–H groups in total. The van der Waals surface area contributed by atoms with Crippen LogP contribution in [0.3, 0.4) is 0 Å². The third-order valence-corrected chi connectivity index (χ3v) is 2.47. The Morgan fingerprint density at radius 1 is 1.64 bits per heavy atom. The van der Waals surface area contributed by atoms with E-state index < -0.39 is 0 Å². The van der Waals surface area contributed by atoms with Crippen molar-refractivity contribution in [1.29, 1.82) is 0 Å². The predicted molar refractivity (Wildman–Crippen MR) is 57.2 cm³/mol. The molecule has 0 aliphatic heterocycles. The van der Waals surface area contributed by atoms with Gasteiger partial charge in [-0.2, -0.15) is 4.98 Å². The number of nitrogens with zero attached hydrogens (tertiary/aromatic N) is 3. The van der Waals surface area contributed by atoms with E-state index in [1.54, 1.807) is 19.4 Å². The first-order chi connectivity index (χ1) is 6.69. The molecule has 1 heterocycles. The van der Waals surface area contributed by atoms with Gasteiger partial charge in [0, 0.05) is 31.2 Å². The van der Waals surface area contributed by atoms with Crippen molar-refractivity contribution in [1.82, 2.24) is 9.97 Å². The summed E-state index contributed by atoms with van der Waals surface area (Å²) >= 11 is 5.74. The molecular formula is C9H14ClN3O. The lowest BCUT2D eigenvalue weighted by molar-refractivity contribution is 0.396. The molecule has 1 atom stereocenters. The maximum atomic E-state index is 5.74. The van der Waals surface area contributed by atoms with Gasteiger partial charge in [-0.05, 0) is 6.92 Å². The quantitative estimate of drug-likeness (QED) is 0.715. The van der Waals surface area contributed by atoms with Crippen molar-refractivity contribution in [2.24, 2.45) is 0 Å². The Morgan fingerprint density at radius 2 is 2.36 bits per heavy atom. The van der Waals surface area contributed by atoms with Crippen LogP contribution in [0.25, 0.3) is 0 Å². The Morgan fingerprint density at radius 3 is 2.93 bits per heavy atom. The third-order valence-electron chi connectivity index (χ3n) is 2.03. The molecule has 1 aromatic heterocycles. The normalized spacial score (nSPS) is 12.3. The van der Waals surface area contributed by atoms with Crippen LogP contribution in [-0.2, 0) is 0 Å². The first kappa shape index (κ1) is 11.0. The van der Waals surface area contributed by atoms with Crippen molar-refractivity contribution < 1.29 is 4.74 Å². The van der Waals surface area contributed by atoms with Crippen molar-refractivity contribution in [2.45, 2.75) is 13.0 Å². The van der Waals surface area contributed by atoms with Crippen molar-refractivity contribution in [3.05, 3.63) is 12.3 Å². The van der Waals surface area contributed by atoms with E-state index in [4.69, 9.17) is 16.3 Å². The minimum Gasteiger partial charge on any atom is -0.481 e. The zero-order chi connectivity index (χ0) is 10.6. The van der Waals surface area contributed by atoms with E-state index in [0.29, 0.717) is 17.7 Å². The van der Waals surface area contributed by atoms with Crippen molar-refractivity contribution in [3.8, 4) is 5.88 Å². The summed E-state index contributed by atoms with van der Waals surface area (Å²) in [5.74, 6) is 1.72. The molecular weight excluding hydrogens is 202 g/mol. The van der Waals surface area contributed by atoms with Gasteiger partial charge in [-0.15, -0.1) is 11.6 Å². The predicted octanol–water partition coefficient (Wildman–Crippen LogP) is 1.55. The van der Waals surface area contributed by atoms with Crippen LogP contribution in [0.4, 0.5) is 5.95 Å². The number of hydrogen-bond acceptors (Lipinski definition) is 4. The second-order valence-electron chi connectivity index (χ2n) is 3.01. The summed E-state index contributed by atoms with van der Waals surface area (Å²) in [6.07, 6.45) is 1.67. The van der Waals surface area contributed by atoms with E-state index in [-0.39, 0.29) is 6.04 Å². The van der Waals surface area contributed by atoms with Crippen LogP contribution in [0.2, 0.25) is 0 Å². The molecule has 4 nitrogen and oxygen atoms in total. The maximum absolute atomic E-state index is 5.74. The molecule has 0 radical (unpaired) electrons. The standard InChI is InChI=1S/C9H14ClN3O/c1-7(6-10)13(2)9-11-5-4-8(12-9)14-3/h4-5,7H,6H2,1-3H3. The largest absolute Gasteiger partial charge is 0.481 e. The van der Waals surface area contributed by atoms with Crippen molar-refractivity contribution in [2.75, 3.05) is 24.9 Å². The summed E-state index contributed by atoms with van der Waals surface area (Å²) in [5, 5.41) is 0. The van der Waals surface area contributed by atoms with E-state index in [0.717, 1.165) is 0 Å². The lowest BCUT2D eigenvalue weighted by Crippen LogP contribution is -2.31. The van der Waals surface area contributed by atoms with E-state index in [9.17, 15) is 0 Å². The minimum absolute atomic E-state index is 0.198. The first-order valence-electron chi connectivity index (χ1n) is 4.35. The molecule has 1 unspecified atom stereocenters. The Bertz CT molecular complexity index is 295. The SMILES string of the molecule is COc1ccnc(N(C)C(C)CCl)n1. The summed E-state index contributed by atoms with van der Waals surface area (Å²) in [4.78, 5) is 10.2. The monoisotopic (exact) mass is 215 g/mol. The van der Waals surface area contributed by atoms with Crippen LogP contribution >= 0.6 is 11.6 Å². The number of ether oxygens (including phenoxy) is 1. The van der Waals surface area contributed by atoms with Gasteiger partial charge in [0.15, 0.2) is 0 Å². The second kappa shape index (κ2) is 5.00. The van der Waals surface area contributed by atoms with Gasteiger partial charge >= 0.3 is 0 Å². The lowest BCUT2D eigenvalue weighted by atomic mass is 10.3. The molecule has 0 saturated heterocycles. The first-order valence-corrected chi connectivity index (χ1v) is 4.88. The maximum Gasteiger partial charge on any atom is 0.228 e. The number of alkyl halides is 1. The summed E-state index contributed by atoms with van der Waals surface area (Å²) in [6, 6.07) is 1.91. The molecule has 1 aromatic rings. The fourth-order valence-corrected chi connectivity index (χ4v) is 1.12. The molecule has 0 amide bonds. The number of hydrogen-bond donors (Lipinski definition) is 0. The molecule has 78 valence electrons. The summed E-state index contributed by atoms with van der Waals surface area (Å²) in [6.45, 7) is 2.01. The fourth-order valence-electron chi connectivity index (χ4n) is 0.917. The highest BCUT2D eigenvalue weighted by Crippen LogP contribution is 2.13. The van der Waals surface area contributed by atoms with Crippen LogP contribution in [0.5, 0.6) is 5.88 Å². The molecule has 0 spiro atoms. The molecule has 5 heteroatoms. The smallest absolute Gasteiger partial charge is 0.228 e. The van der Waals surface area contributed by atoms with Gasteiger partial charge in [0.25, 0.3) is 0 Å². The molecule has 0 aromatic carbocycles. The van der Waals surface area contributed by atoms with Gasteiger partial charge in [0.2, 0.25) is 11.8 Å². The highest BCUT2D eigenvalue weighted by molar-refractivity contribution is 6.18. The van der Waals surface area contributed by atoms with Crippen molar-refractivity contribution >= 4 is 17.5 Å². The lowest BCUT2D eigenvalue weighted by Gasteiger charge is -2.22. The Labute approximate surface area is 88.9 Å². The van der Waals surface area contributed by atoms with Gasteiger partial charge in [0.1, 0.15) is 0 Å². The highest BCUT2D eigenvalue weighted by atomic mass is 35.5. The Balaban J connectivity index is 2.83. The topological polar surface area (TPSA) is 38.2 Å². The van der Waals surface area contributed by atoms with Crippen LogP contribution in [-0.4, -0.2) is 36.0 Å². The molecule has 0 fully saturated rings. The summed E-state index contributed by atoms with van der Waals surface area (Å²) in [5.41, 5.74) is 0. The van der Waals surface area contributed by atoms with Gasteiger partial charge in [0.05, 0.1) is 7.11 Å². The molecule has 14 heavy (non-hydrogen) atoms. The highest BCUT2D eigenvalue weighted by Gasteiger charge is 2.11. The van der Waals surface area contributed by atoms with Gasteiger partial charge < -0.3 is 9.64 Å². The average molecular weight is 216 g/mol. The fraction of sp³-hybridized carbons (Fsp3) is 0.556. The van der Waals surface area contributed by atoms with Gasteiger partial charge in [-0.1, -0.05) is 0 Å². The van der Waals surface area contributed by atoms with E-state index in [2.05, 4.69) is 9.97 Å².